The zero-order valence-corrected chi connectivity index (χ0v) is 22.3. The summed E-state index contributed by atoms with van der Waals surface area (Å²) < 4.78 is 73.8. The van der Waals surface area contributed by atoms with Crippen molar-refractivity contribution >= 4 is 21.7 Å². The lowest BCUT2D eigenvalue weighted by Crippen LogP contribution is -2.43. The minimum atomic E-state index is -4.34. The molecular formula is C24H28F3N7O4S. The summed E-state index contributed by atoms with van der Waals surface area (Å²) in [5.74, 6) is -0.0688. The molecule has 2 fully saturated rings. The highest BCUT2D eigenvalue weighted by molar-refractivity contribution is 7.90. The zero-order valence-electron chi connectivity index (χ0n) is 21.5. The summed E-state index contributed by atoms with van der Waals surface area (Å²) in [4.78, 5) is 19.6. The maximum Gasteiger partial charge on any atom is 0.397 e. The van der Waals surface area contributed by atoms with Crippen LogP contribution in [0.1, 0.15) is 50.4 Å². The number of rotatable bonds is 8. The lowest BCUT2D eigenvalue weighted by atomic mass is 9.90. The third kappa shape index (κ3) is 4.94. The lowest BCUT2D eigenvalue weighted by Gasteiger charge is -2.36. The largest absolute Gasteiger partial charge is 0.476 e. The van der Waals surface area contributed by atoms with Crippen LogP contribution in [0, 0.1) is 11.3 Å². The number of aromatic amines is 1. The molecule has 0 bridgehead atoms. The maximum atomic E-state index is 13.2. The van der Waals surface area contributed by atoms with Crippen LogP contribution in [0.5, 0.6) is 5.88 Å². The number of H-pyrrole nitrogens is 1. The molecule has 1 amide bonds. The predicted octanol–water partition coefficient (Wildman–Crippen LogP) is 3.46. The Morgan fingerprint density at radius 3 is 2.59 bits per heavy atom. The minimum absolute atomic E-state index is 0.0111. The molecule has 210 valence electrons. The number of aromatic nitrogens is 5. The van der Waals surface area contributed by atoms with E-state index in [1.807, 2.05) is 18.7 Å². The fourth-order valence-corrected chi connectivity index (χ4v) is 5.44. The fraction of sp³-hybridized carbons (Fsp3) is 0.500. The van der Waals surface area contributed by atoms with Gasteiger partial charge in [-0.15, -0.1) is 5.10 Å². The number of amides is 1. The number of alkyl halides is 3. The van der Waals surface area contributed by atoms with E-state index in [1.54, 1.807) is 0 Å². The molecular weight excluding hydrogens is 539 g/mol. The third-order valence-corrected chi connectivity index (χ3v) is 9.11. The summed E-state index contributed by atoms with van der Waals surface area (Å²) in [5, 5.41) is 10.2. The van der Waals surface area contributed by atoms with E-state index in [-0.39, 0.29) is 46.7 Å². The Bertz CT molecular complexity index is 1480. The van der Waals surface area contributed by atoms with Crippen LogP contribution < -0.4 is 14.4 Å². The third-order valence-electron chi connectivity index (χ3n) is 7.81. The van der Waals surface area contributed by atoms with Gasteiger partial charge < -0.3 is 9.64 Å². The molecule has 1 unspecified atom stereocenters. The van der Waals surface area contributed by atoms with Crippen LogP contribution in [0.15, 0.2) is 41.7 Å². The van der Waals surface area contributed by atoms with Crippen LogP contribution in [-0.2, 0) is 10.0 Å². The van der Waals surface area contributed by atoms with Crippen molar-refractivity contribution in [3.63, 3.8) is 0 Å². The molecule has 39 heavy (non-hydrogen) atoms. The molecule has 1 saturated carbocycles. The number of nitrogens with zero attached hydrogens (tertiary/aromatic N) is 5. The van der Waals surface area contributed by atoms with Crippen molar-refractivity contribution in [1.29, 1.82) is 0 Å². The van der Waals surface area contributed by atoms with Gasteiger partial charge in [-0.2, -0.15) is 18.3 Å². The van der Waals surface area contributed by atoms with E-state index >= 15 is 0 Å². The van der Waals surface area contributed by atoms with Gasteiger partial charge in [0.15, 0.2) is 5.82 Å². The fourth-order valence-electron chi connectivity index (χ4n) is 4.56. The van der Waals surface area contributed by atoms with Crippen LogP contribution >= 0.6 is 0 Å². The monoisotopic (exact) mass is 567 g/mol. The number of halogens is 3. The molecule has 2 aliphatic rings. The van der Waals surface area contributed by atoms with Gasteiger partial charge in [-0.25, -0.2) is 22.8 Å². The number of sulfonamides is 1. The number of nitrogens with one attached hydrogen (secondary N) is 2. The first kappa shape index (κ1) is 27.0. The molecule has 0 radical (unpaired) electrons. The van der Waals surface area contributed by atoms with Gasteiger partial charge in [-0.3, -0.25) is 9.89 Å². The number of carbonyl (C=O) groups is 1. The van der Waals surface area contributed by atoms with Crippen LogP contribution in [0.25, 0.3) is 5.82 Å². The molecule has 5 rings (SSSR count). The van der Waals surface area contributed by atoms with Crippen LogP contribution in [0.2, 0.25) is 0 Å². The van der Waals surface area contributed by atoms with Crippen molar-refractivity contribution in [2.75, 3.05) is 18.1 Å². The highest BCUT2D eigenvalue weighted by atomic mass is 32.2. The summed E-state index contributed by atoms with van der Waals surface area (Å²) in [7, 11) is -4.18. The molecule has 4 heterocycles. The highest BCUT2D eigenvalue weighted by Crippen LogP contribution is 2.57. The molecule has 2 N–H and O–H groups in total. The Kier molecular flexibility index (Phi) is 6.39. The molecule has 3 aromatic heterocycles. The predicted molar refractivity (Wildman–Crippen MR) is 133 cm³/mol. The van der Waals surface area contributed by atoms with Gasteiger partial charge in [0.05, 0.1) is 11.8 Å². The Morgan fingerprint density at radius 2 is 2.00 bits per heavy atom. The number of carbonyl (C=O) groups excluding carboxylic acids is 1. The van der Waals surface area contributed by atoms with Crippen LogP contribution in [-0.4, -0.2) is 64.2 Å². The quantitative estimate of drug-likeness (QED) is 0.423. The number of ether oxygens (including phenoxy) is 1. The summed E-state index contributed by atoms with van der Waals surface area (Å²) in [5.41, 5.74) is -2.19. The number of hydrogen-bond donors (Lipinski definition) is 2. The van der Waals surface area contributed by atoms with Crippen molar-refractivity contribution in [1.82, 2.24) is 29.7 Å². The maximum absolute atomic E-state index is 13.2. The van der Waals surface area contributed by atoms with Crippen molar-refractivity contribution in [3.05, 3.63) is 42.4 Å². The average Bonchev–Trinajstić information content (AvgIpc) is 3.20. The summed E-state index contributed by atoms with van der Waals surface area (Å²) in [6, 6.07) is 4.36. The summed E-state index contributed by atoms with van der Waals surface area (Å²) in [6.45, 7) is 6.16. The van der Waals surface area contributed by atoms with Gasteiger partial charge in [0.2, 0.25) is 5.88 Å². The molecule has 1 aliphatic carbocycles. The van der Waals surface area contributed by atoms with Gasteiger partial charge in [0, 0.05) is 30.5 Å². The molecule has 15 heteroatoms. The standard InChI is InChI=1S/C24H28F3N7O4S/c1-15-6-10-33(22(15,2)3)20-17(21(35)32-39(36,37)16-12-28-29-13-16)4-5-18(30-20)34-11-7-19(31-34)38-14-23(8-9-23)24(25,26)27/h4-5,7,11-13,15H,6,8-10,14H2,1-3H3,(H,28,29)(H,32,35). The Morgan fingerprint density at radius 1 is 1.26 bits per heavy atom. The van der Waals surface area contributed by atoms with Gasteiger partial charge >= 0.3 is 6.18 Å². The highest BCUT2D eigenvalue weighted by Gasteiger charge is 2.64. The van der Waals surface area contributed by atoms with E-state index in [0.717, 1.165) is 18.8 Å². The Hall–Kier alpha value is -3.62. The average molecular weight is 568 g/mol. The number of pyridine rings is 1. The van der Waals surface area contributed by atoms with E-state index in [4.69, 9.17) is 4.74 Å². The number of hydrogen-bond acceptors (Lipinski definition) is 8. The van der Waals surface area contributed by atoms with E-state index in [9.17, 15) is 26.4 Å². The van der Waals surface area contributed by atoms with E-state index in [1.165, 1.54) is 29.1 Å². The Balaban J connectivity index is 1.44. The lowest BCUT2D eigenvalue weighted by molar-refractivity contribution is -0.194. The topological polar surface area (TPSA) is 135 Å². The first-order valence-corrected chi connectivity index (χ1v) is 13.8. The van der Waals surface area contributed by atoms with E-state index in [2.05, 4.69) is 31.9 Å². The smallest absolute Gasteiger partial charge is 0.397 e. The second-order valence-corrected chi connectivity index (χ2v) is 12.3. The van der Waals surface area contributed by atoms with Crippen LogP contribution in [0.4, 0.5) is 19.0 Å². The second-order valence-electron chi connectivity index (χ2n) is 10.6. The van der Waals surface area contributed by atoms with Crippen LogP contribution in [0.3, 0.4) is 0 Å². The van der Waals surface area contributed by atoms with Crippen molar-refractivity contribution in [2.45, 2.75) is 56.6 Å². The molecule has 3 aromatic rings. The molecule has 1 aliphatic heterocycles. The Labute approximate surface area is 222 Å². The number of anilines is 1. The molecule has 1 atom stereocenters. The van der Waals surface area contributed by atoms with E-state index in [0.29, 0.717) is 6.54 Å². The second kappa shape index (κ2) is 9.24. The van der Waals surface area contributed by atoms with Gasteiger partial charge in [0.25, 0.3) is 15.9 Å². The van der Waals surface area contributed by atoms with Crippen molar-refractivity contribution in [3.8, 4) is 11.7 Å². The zero-order chi connectivity index (χ0) is 28.2. The normalized spacial score (nSPS) is 20.2. The minimum Gasteiger partial charge on any atom is -0.476 e. The summed E-state index contributed by atoms with van der Waals surface area (Å²) in [6.07, 6.45) is 0.259. The van der Waals surface area contributed by atoms with Crippen molar-refractivity contribution in [2.24, 2.45) is 11.3 Å². The van der Waals surface area contributed by atoms with Gasteiger partial charge in [-0.1, -0.05) is 6.92 Å². The SMILES string of the molecule is CC1CCN(c2nc(-n3ccc(OCC4(C(F)(F)F)CC4)n3)ccc2C(=O)NS(=O)(=O)c2cn[nH]c2)C1(C)C. The molecule has 0 spiro atoms. The van der Waals surface area contributed by atoms with Gasteiger partial charge in [0.1, 0.15) is 22.7 Å². The first-order chi connectivity index (χ1) is 18.2. The van der Waals surface area contributed by atoms with Crippen molar-refractivity contribution < 1.29 is 31.1 Å². The van der Waals surface area contributed by atoms with Gasteiger partial charge in [-0.05, 0) is 51.2 Å². The molecule has 1 saturated heterocycles. The molecule has 0 aromatic carbocycles. The summed E-state index contributed by atoms with van der Waals surface area (Å²) >= 11 is 0. The van der Waals surface area contributed by atoms with E-state index < -0.39 is 39.7 Å². The first-order valence-electron chi connectivity index (χ1n) is 12.3. The molecule has 11 nitrogen and oxygen atoms in total.